The van der Waals surface area contributed by atoms with Crippen LogP contribution >= 0.6 is 0 Å². The molecule has 35 heavy (non-hydrogen) atoms. The molecule has 2 heterocycles. The Labute approximate surface area is 206 Å². The summed E-state index contributed by atoms with van der Waals surface area (Å²) in [4.78, 5) is 19.7. The van der Waals surface area contributed by atoms with Gasteiger partial charge in [0.15, 0.2) is 0 Å². The smallest absolute Gasteiger partial charge is 0.265 e. The lowest BCUT2D eigenvalue weighted by molar-refractivity contribution is 0.0950. The Bertz CT molecular complexity index is 1290. The fourth-order valence-electron chi connectivity index (χ4n) is 4.10. The van der Waals surface area contributed by atoms with Crippen molar-refractivity contribution < 1.29 is 17.9 Å². The highest BCUT2D eigenvalue weighted by Crippen LogP contribution is 2.27. The molecule has 1 aliphatic rings. The van der Waals surface area contributed by atoms with Gasteiger partial charge in [0, 0.05) is 42.6 Å². The molecular weight excluding hydrogens is 464 g/mol. The average Bonchev–Trinajstić information content (AvgIpc) is 2.89. The molecule has 184 valence electrons. The Hall–Kier alpha value is -3.59. The molecule has 0 radical (unpaired) electrons. The highest BCUT2D eigenvalue weighted by molar-refractivity contribution is 7.92. The van der Waals surface area contributed by atoms with Crippen molar-refractivity contribution in [3.8, 4) is 5.75 Å². The monoisotopic (exact) mass is 494 g/mol. The molecule has 4 rings (SSSR count). The number of rotatable bonds is 8. The van der Waals surface area contributed by atoms with Crippen LogP contribution in [0.25, 0.3) is 0 Å². The van der Waals surface area contributed by atoms with Crippen LogP contribution in [0.1, 0.15) is 40.7 Å². The number of carbonyl (C=O) groups is 1. The number of methoxy groups -OCH3 is 1. The van der Waals surface area contributed by atoms with E-state index in [0.717, 1.165) is 42.9 Å². The van der Waals surface area contributed by atoms with E-state index in [4.69, 9.17) is 4.74 Å². The summed E-state index contributed by atoms with van der Waals surface area (Å²) in [6, 6.07) is 15.2. The molecule has 9 heteroatoms. The van der Waals surface area contributed by atoms with Gasteiger partial charge in [0.1, 0.15) is 16.5 Å². The largest absolute Gasteiger partial charge is 0.495 e. The first-order valence-electron chi connectivity index (χ1n) is 11.6. The summed E-state index contributed by atoms with van der Waals surface area (Å²) in [6.45, 7) is 4.11. The average molecular weight is 495 g/mol. The van der Waals surface area contributed by atoms with Crippen molar-refractivity contribution in [3.63, 3.8) is 0 Å². The van der Waals surface area contributed by atoms with Gasteiger partial charge in [-0.25, -0.2) is 13.4 Å². The second kappa shape index (κ2) is 10.8. The second-order valence-electron chi connectivity index (χ2n) is 8.55. The summed E-state index contributed by atoms with van der Waals surface area (Å²) in [6.07, 6.45) is 5.23. The minimum atomic E-state index is -3.98. The fourth-order valence-corrected chi connectivity index (χ4v) is 5.35. The number of aromatic nitrogens is 1. The van der Waals surface area contributed by atoms with E-state index >= 15 is 0 Å². The van der Waals surface area contributed by atoms with Crippen molar-refractivity contribution in [1.82, 2.24) is 10.3 Å². The predicted molar refractivity (Wildman–Crippen MR) is 136 cm³/mol. The number of piperidine rings is 1. The quantitative estimate of drug-likeness (QED) is 0.489. The lowest BCUT2D eigenvalue weighted by Gasteiger charge is -2.29. The first-order chi connectivity index (χ1) is 16.9. The molecule has 1 aliphatic heterocycles. The van der Waals surface area contributed by atoms with Crippen molar-refractivity contribution in [1.29, 1.82) is 0 Å². The summed E-state index contributed by atoms with van der Waals surface area (Å²) < 4.78 is 34.0. The van der Waals surface area contributed by atoms with Crippen molar-refractivity contribution in [2.24, 2.45) is 0 Å². The van der Waals surface area contributed by atoms with Gasteiger partial charge in [-0.15, -0.1) is 0 Å². The van der Waals surface area contributed by atoms with Crippen LogP contribution in [0.5, 0.6) is 5.75 Å². The van der Waals surface area contributed by atoms with E-state index in [9.17, 15) is 13.2 Å². The van der Waals surface area contributed by atoms with Gasteiger partial charge in [0.25, 0.3) is 15.9 Å². The third-order valence-corrected chi connectivity index (χ3v) is 7.38. The molecule has 1 fully saturated rings. The zero-order valence-corrected chi connectivity index (χ0v) is 20.8. The van der Waals surface area contributed by atoms with Gasteiger partial charge in [-0.05, 0) is 62.6 Å². The Morgan fingerprint density at radius 2 is 1.80 bits per heavy atom. The molecule has 0 unspecified atom stereocenters. The number of benzene rings is 2. The number of amides is 1. The fraction of sp³-hybridized carbons (Fsp3) is 0.308. The highest BCUT2D eigenvalue weighted by Gasteiger charge is 2.22. The Morgan fingerprint density at radius 1 is 1.06 bits per heavy atom. The zero-order valence-electron chi connectivity index (χ0n) is 20.0. The molecule has 0 saturated carbocycles. The molecule has 0 aliphatic carbocycles. The van der Waals surface area contributed by atoms with Crippen LogP contribution in [0.3, 0.4) is 0 Å². The Balaban J connectivity index is 1.52. The molecule has 1 amide bonds. The van der Waals surface area contributed by atoms with Crippen molar-refractivity contribution in [2.45, 2.75) is 37.6 Å². The molecule has 1 saturated heterocycles. The van der Waals surface area contributed by atoms with Crippen LogP contribution in [0.4, 0.5) is 11.5 Å². The lowest BCUT2D eigenvalue weighted by Crippen LogP contribution is -2.32. The summed E-state index contributed by atoms with van der Waals surface area (Å²) in [5, 5.41) is 2.91. The van der Waals surface area contributed by atoms with E-state index in [1.165, 1.54) is 25.7 Å². The number of nitrogens with one attached hydrogen (secondary N) is 2. The lowest BCUT2D eigenvalue weighted by atomic mass is 10.1. The number of anilines is 2. The first kappa shape index (κ1) is 24.5. The van der Waals surface area contributed by atoms with Gasteiger partial charge in [0.05, 0.1) is 7.11 Å². The summed E-state index contributed by atoms with van der Waals surface area (Å²) >= 11 is 0. The maximum Gasteiger partial charge on any atom is 0.265 e. The summed E-state index contributed by atoms with van der Waals surface area (Å²) in [7, 11) is -2.59. The standard InChI is InChI=1S/C26H30N4O4S/c1-19-8-11-22(12-9-19)29-35(32,33)24-17-20(10-13-23(24)34-2)26(31)28-18-21-7-6-14-27-25(21)30-15-4-3-5-16-30/h6-14,17,29H,3-5,15-16,18H2,1-2H3,(H,28,31). The first-order valence-corrected chi connectivity index (χ1v) is 13.1. The van der Waals surface area contributed by atoms with Crippen molar-refractivity contribution in [2.75, 3.05) is 29.8 Å². The third-order valence-electron chi connectivity index (χ3n) is 5.98. The molecule has 1 aromatic heterocycles. The van der Waals surface area contributed by atoms with Crippen LogP contribution in [0.15, 0.2) is 65.7 Å². The van der Waals surface area contributed by atoms with Gasteiger partial charge >= 0.3 is 0 Å². The topological polar surface area (TPSA) is 101 Å². The number of sulfonamides is 1. The van der Waals surface area contributed by atoms with Gasteiger partial charge in [0.2, 0.25) is 0 Å². The number of hydrogen-bond acceptors (Lipinski definition) is 6. The molecule has 2 aromatic carbocycles. The highest BCUT2D eigenvalue weighted by atomic mass is 32.2. The molecule has 0 spiro atoms. The summed E-state index contributed by atoms with van der Waals surface area (Å²) in [5.74, 6) is 0.654. The van der Waals surface area contributed by atoms with Gasteiger partial charge < -0.3 is 15.0 Å². The van der Waals surface area contributed by atoms with Crippen molar-refractivity contribution >= 4 is 27.4 Å². The number of carbonyl (C=O) groups excluding carboxylic acids is 1. The van der Waals surface area contributed by atoms with Crippen molar-refractivity contribution in [3.05, 3.63) is 77.5 Å². The Morgan fingerprint density at radius 3 is 2.51 bits per heavy atom. The van der Waals surface area contributed by atoms with E-state index in [0.29, 0.717) is 5.69 Å². The second-order valence-corrected chi connectivity index (χ2v) is 10.2. The number of nitrogens with zero attached hydrogens (tertiary/aromatic N) is 2. The van der Waals surface area contributed by atoms with E-state index in [1.54, 1.807) is 24.4 Å². The van der Waals surface area contributed by atoms with Gasteiger partial charge in [-0.2, -0.15) is 0 Å². The van der Waals surface area contributed by atoms with Crippen LogP contribution in [-0.4, -0.2) is 39.5 Å². The predicted octanol–water partition coefficient (Wildman–Crippen LogP) is 4.12. The number of pyridine rings is 1. The molecular formula is C26H30N4O4S. The van der Waals surface area contributed by atoms with Crippen LogP contribution in [0, 0.1) is 6.92 Å². The number of ether oxygens (including phenoxy) is 1. The van der Waals surface area contributed by atoms with E-state index in [-0.39, 0.29) is 28.7 Å². The molecule has 8 nitrogen and oxygen atoms in total. The minimum Gasteiger partial charge on any atom is -0.495 e. The molecule has 0 atom stereocenters. The van der Waals surface area contributed by atoms with E-state index in [2.05, 4.69) is 19.9 Å². The normalized spacial score (nSPS) is 13.8. The molecule has 0 bridgehead atoms. The minimum absolute atomic E-state index is 0.108. The van der Waals surface area contributed by atoms with Gasteiger partial charge in [-0.3, -0.25) is 9.52 Å². The number of hydrogen-bond donors (Lipinski definition) is 2. The van der Waals surface area contributed by atoms with Gasteiger partial charge in [-0.1, -0.05) is 23.8 Å². The number of aryl methyl sites for hydroxylation is 1. The van der Waals surface area contributed by atoms with Crippen LogP contribution in [0.2, 0.25) is 0 Å². The summed E-state index contributed by atoms with van der Waals surface area (Å²) in [5.41, 5.74) is 2.58. The molecule has 3 aromatic rings. The zero-order chi connectivity index (χ0) is 24.8. The van der Waals surface area contributed by atoms with Crippen LogP contribution < -0.4 is 19.7 Å². The maximum atomic E-state index is 13.1. The van der Waals surface area contributed by atoms with E-state index in [1.807, 2.05) is 31.2 Å². The SMILES string of the molecule is COc1ccc(C(=O)NCc2cccnc2N2CCCCC2)cc1S(=O)(=O)Nc1ccc(C)cc1. The Kier molecular flexibility index (Phi) is 7.55. The van der Waals surface area contributed by atoms with Crippen LogP contribution in [-0.2, 0) is 16.6 Å². The maximum absolute atomic E-state index is 13.1. The van der Waals surface area contributed by atoms with E-state index < -0.39 is 10.0 Å². The molecule has 2 N–H and O–H groups in total. The third kappa shape index (κ3) is 5.92.